The number of ether oxygens (including phenoxy) is 2. The quantitative estimate of drug-likeness (QED) is 0.284. The maximum Gasteiger partial charge on any atom is 0.229 e. The number of phenols is 2. The Morgan fingerprint density at radius 3 is 2.30 bits per heavy atom. The molecule has 30 heavy (non-hydrogen) atoms. The largest absolute Gasteiger partial charge is 0.508 e. The fourth-order valence-corrected chi connectivity index (χ4v) is 2.95. The van der Waals surface area contributed by atoms with Crippen LogP contribution in [0.2, 0.25) is 0 Å². The van der Waals surface area contributed by atoms with E-state index in [0.717, 1.165) is 6.07 Å². The predicted octanol–water partition coefficient (Wildman–Crippen LogP) is 0.173. The summed E-state index contributed by atoms with van der Waals surface area (Å²) in [6.45, 7) is -0.633. The minimum Gasteiger partial charge on any atom is -0.508 e. The molecule has 0 aliphatic carbocycles. The van der Waals surface area contributed by atoms with Crippen molar-refractivity contribution in [3.05, 3.63) is 59.7 Å². The normalized spacial score (nSPS) is 26.6. The summed E-state index contributed by atoms with van der Waals surface area (Å²) in [5.41, 5.74) is 0.705. The highest BCUT2D eigenvalue weighted by Crippen LogP contribution is 2.30. The molecule has 2 aromatic rings. The van der Waals surface area contributed by atoms with Gasteiger partial charge in [0.15, 0.2) is 5.78 Å². The second kappa shape index (κ2) is 9.24. The van der Waals surface area contributed by atoms with Crippen molar-refractivity contribution < 1.29 is 44.9 Å². The van der Waals surface area contributed by atoms with Crippen molar-refractivity contribution in [2.24, 2.45) is 0 Å². The number of carbonyl (C=O) groups is 1. The van der Waals surface area contributed by atoms with Crippen molar-refractivity contribution in [1.82, 2.24) is 0 Å². The van der Waals surface area contributed by atoms with Gasteiger partial charge in [0.1, 0.15) is 41.7 Å². The zero-order valence-electron chi connectivity index (χ0n) is 15.7. The van der Waals surface area contributed by atoms with E-state index in [2.05, 4.69) is 0 Å². The van der Waals surface area contributed by atoms with Crippen LogP contribution < -0.4 is 4.74 Å². The number of hydrogen-bond acceptors (Lipinski definition) is 9. The van der Waals surface area contributed by atoms with Crippen LogP contribution >= 0.6 is 0 Å². The SMILES string of the molecule is O=C(/C=C/c1ccc(O)cc1)c1ccc(O)cc1O[C@H]1O[C@H](CO)[C@H](O)[C@H](O)[C@@H]1O. The lowest BCUT2D eigenvalue weighted by molar-refractivity contribution is -0.277. The van der Waals surface area contributed by atoms with Crippen molar-refractivity contribution in [1.29, 1.82) is 0 Å². The number of rotatable bonds is 6. The molecule has 0 amide bonds. The molecule has 1 aliphatic heterocycles. The molecule has 1 saturated heterocycles. The highest BCUT2D eigenvalue weighted by Gasteiger charge is 2.45. The Bertz CT molecular complexity index is 907. The summed E-state index contributed by atoms with van der Waals surface area (Å²) >= 11 is 0. The van der Waals surface area contributed by atoms with Gasteiger partial charge < -0.3 is 40.1 Å². The van der Waals surface area contributed by atoms with Crippen LogP contribution in [-0.2, 0) is 4.74 Å². The number of aromatic hydroxyl groups is 2. The van der Waals surface area contributed by atoms with Crippen molar-refractivity contribution in [3.63, 3.8) is 0 Å². The molecule has 6 N–H and O–H groups in total. The zero-order chi connectivity index (χ0) is 21.8. The number of ketones is 1. The topological polar surface area (TPSA) is 157 Å². The van der Waals surface area contributed by atoms with E-state index in [1.54, 1.807) is 12.1 Å². The van der Waals surface area contributed by atoms with Crippen LogP contribution in [0.25, 0.3) is 6.08 Å². The van der Waals surface area contributed by atoms with Crippen LogP contribution in [-0.4, -0.2) is 73.7 Å². The van der Waals surface area contributed by atoms with E-state index in [0.29, 0.717) is 5.56 Å². The van der Waals surface area contributed by atoms with Gasteiger partial charge in [0.05, 0.1) is 12.2 Å². The smallest absolute Gasteiger partial charge is 0.229 e. The van der Waals surface area contributed by atoms with Gasteiger partial charge in [-0.1, -0.05) is 18.2 Å². The molecule has 0 saturated carbocycles. The van der Waals surface area contributed by atoms with Crippen molar-refractivity contribution in [2.45, 2.75) is 30.7 Å². The molecule has 0 aromatic heterocycles. The first-order valence-corrected chi connectivity index (χ1v) is 9.12. The molecular weight excluding hydrogens is 396 g/mol. The molecule has 9 heteroatoms. The number of phenolic OH excluding ortho intramolecular Hbond substituents is 2. The van der Waals surface area contributed by atoms with Crippen molar-refractivity contribution >= 4 is 11.9 Å². The van der Waals surface area contributed by atoms with Gasteiger partial charge in [-0.2, -0.15) is 0 Å². The molecule has 2 aromatic carbocycles. The van der Waals surface area contributed by atoms with Gasteiger partial charge in [-0.3, -0.25) is 4.79 Å². The highest BCUT2D eigenvalue weighted by atomic mass is 16.7. The van der Waals surface area contributed by atoms with Gasteiger partial charge in [0.25, 0.3) is 0 Å². The Kier molecular flexibility index (Phi) is 6.70. The molecule has 0 bridgehead atoms. The van der Waals surface area contributed by atoms with Gasteiger partial charge >= 0.3 is 0 Å². The van der Waals surface area contributed by atoms with E-state index in [9.17, 15) is 35.4 Å². The van der Waals surface area contributed by atoms with E-state index in [1.165, 1.54) is 36.4 Å². The second-order valence-electron chi connectivity index (χ2n) is 6.78. The molecule has 3 rings (SSSR count). The minimum absolute atomic E-state index is 0.0415. The summed E-state index contributed by atoms with van der Waals surface area (Å²) < 4.78 is 10.8. The third kappa shape index (κ3) is 4.78. The number of aliphatic hydroxyl groups is 4. The monoisotopic (exact) mass is 418 g/mol. The zero-order valence-corrected chi connectivity index (χ0v) is 15.7. The lowest BCUT2D eigenvalue weighted by Crippen LogP contribution is -2.60. The third-order valence-corrected chi connectivity index (χ3v) is 4.64. The van der Waals surface area contributed by atoms with Gasteiger partial charge in [0, 0.05) is 6.07 Å². The van der Waals surface area contributed by atoms with Crippen LogP contribution in [0.4, 0.5) is 0 Å². The number of allylic oxidation sites excluding steroid dienone is 1. The average Bonchev–Trinajstić information content (AvgIpc) is 2.73. The number of hydrogen-bond donors (Lipinski definition) is 6. The summed E-state index contributed by atoms with van der Waals surface area (Å²) in [5.74, 6) is -0.733. The van der Waals surface area contributed by atoms with E-state index >= 15 is 0 Å². The molecule has 9 nitrogen and oxygen atoms in total. The van der Waals surface area contributed by atoms with Gasteiger partial charge in [0.2, 0.25) is 6.29 Å². The fraction of sp³-hybridized carbons (Fsp3) is 0.286. The highest BCUT2D eigenvalue weighted by molar-refractivity contribution is 6.08. The summed E-state index contributed by atoms with van der Waals surface area (Å²) in [7, 11) is 0. The van der Waals surface area contributed by atoms with Gasteiger partial charge in [-0.15, -0.1) is 0 Å². The lowest BCUT2D eigenvalue weighted by atomic mass is 9.99. The maximum atomic E-state index is 12.6. The average molecular weight is 418 g/mol. The van der Waals surface area contributed by atoms with Crippen molar-refractivity contribution in [3.8, 4) is 17.2 Å². The molecule has 1 fully saturated rings. The molecule has 5 atom stereocenters. The lowest BCUT2D eigenvalue weighted by Gasteiger charge is -2.39. The Labute approximate surface area is 171 Å². The summed E-state index contributed by atoms with van der Waals surface area (Å²) in [5, 5.41) is 58.2. The van der Waals surface area contributed by atoms with E-state index in [4.69, 9.17) is 9.47 Å². The van der Waals surface area contributed by atoms with Crippen LogP contribution in [0.1, 0.15) is 15.9 Å². The second-order valence-corrected chi connectivity index (χ2v) is 6.78. The van der Waals surface area contributed by atoms with Gasteiger partial charge in [-0.05, 0) is 35.9 Å². The molecule has 0 unspecified atom stereocenters. The number of aliphatic hydroxyl groups excluding tert-OH is 4. The first-order valence-electron chi connectivity index (χ1n) is 9.12. The molecule has 0 radical (unpaired) electrons. The molecule has 0 spiro atoms. The Morgan fingerprint density at radius 1 is 0.967 bits per heavy atom. The summed E-state index contributed by atoms with van der Waals surface area (Å²) in [6, 6.07) is 9.91. The standard InChI is InChI=1S/C21H22O9/c22-10-17-18(26)19(27)20(28)21(30-17)29-16-9-13(24)6-7-14(16)15(25)8-3-11-1-4-12(23)5-2-11/h1-9,17-24,26-28H,10H2/b8-3+/t17-,18+,19+,20+,21+/m1/s1. The Morgan fingerprint density at radius 2 is 1.63 bits per heavy atom. The first-order chi connectivity index (χ1) is 14.3. The van der Waals surface area contributed by atoms with E-state index in [-0.39, 0.29) is 22.8 Å². The Balaban J connectivity index is 1.82. The summed E-state index contributed by atoms with van der Waals surface area (Å²) in [4.78, 5) is 12.6. The van der Waals surface area contributed by atoms with Crippen LogP contribution in [0, 0.1) is 0 Å². The number of carbonyl (C=O) groups excluding carboxylic acids is 1. The first kappa shape index (κ1) is 21.8. The number of benzene rings is 2. The van der Waals surface area contributed by atoms with E-state index < -0.39 is 43.1 Å². The molecule has 1 aliphatic rings. The van der Waals surface area contributed by atoms with E-state index in [1.807, 2.05) is 0 Å². The minimum atomic E-state index is -1.67. The van der Waals surface area contributed by atoms with Gasteiger partial charge in [-0.25, -0.2) is 0 Å². The summed E-state index contributed by atoms with van der Waals surface area (Å²) in [6.07, 6.45) is -4.77. The van der Waals surface area contributed by atoms with Crippen LogP contribution in [0.15, 0.2) is 48.5 Å². The molecular formula is C21H22O9. The fourth-order valence-electron chi connectivity index (χ4n) is 2.95. The van der Waals surface area contributed by atoms with Crippen LogP contribution in [0.3, 0.4) is 0 Å². The van der Waals surface area contributed by atoms with Crippen molar-refractivity contribution in [2.75, 3.05) is 6.61 Å². The third-order valence-electron chi connectivity index (χ3n) is 4.64. The van der Waals surface area contributed by atoms with Crippen LogP contribution in [0.5, 0.6) is 17.2 Å². The molecule has 1 heterocycles. The Hall–Kier alpha value is -2.95. The maximum absolute atomic E-state index is 12.6. The molecule has 160 valence electrons. The predicted molar refractivity (Wildman–Crippen MR) is 104 cm³/mol.